The number of rotatable bonds is 7. The summed E-state index contributed by atoms with van der Waals surface area (Å²) >= 11 is 2.89. The number of nitriles is 1. The Morgan fingerprint density at radius 1 is 1.32 bits per heavy atom. The molecule has 0 aromatic carbocycles. The van der Waals surface area contributed by atoms with Crippen LogP contribution < -0.4 is 5.32 Å². The minimum Gasteiger partial charge on any atom is -0.339 e. The topological polar surface area (TPSA) is 86.1 Å². The molecule has 8 heteroatoms. The van der Waals surface area contributed by atoms with Gasteiger partial charge in [-0.2, -0.15) is 5.26 Å². The van der Waals surface area contributed by atoms with Gasteiger partial charge in [-0.05, 0) is 61.1 Å². The quantitative estimate of drug-likeness (QED) is 0.510. The van der Waals surface area contributed by atoms with Crippen LogP contribution in [0.15, 0.2) is 23.4 Å². The van der Waals surface area contributed by atoms with E-state index in [4.69, 9.17) is 0 Å². The third-order valence-electron chi connectivity index (χ3n) is 7.37. The molecule has 3 heterocycles. The number of hydrogen-bond acceptors (Lipinski definition) is 6. The molecule has 2 aromatic rings. The molecule has 1 aliphatic heterocycles. The number of anilines is 1. The second-order valence-corrected chi connectivity index (χ2v) is 11.9. The number of nitrogens with one attached hydrogen (secondary N) is 1. The fourth-order valence-corrected chi connectivity index (χ4v) is 6.68. The molecule has 6 nitrogen and oxygen atoms in total. The van der Waals surface area contributed by atoms with Gasteiger partial charge in [-0.3, -0.25) is 9.59 Å². The van der Waals surface area contributed by atoms with Gasteiger partial charge in [-0.15, -0.1) is 11.3 Å². The summed E-state index contributed by atoms with van der Waals surface area (Å²) in [4.78, 5) is 32.6. The van der Waals surface area contributed by atoms with Crippen LogP contribution in [0.3, 0.4) is 0 Å². The summed E-state index contributed by atoms with van der Waals surface area (Å²) in [6, 6.07) is 5.90. The summed E-state index contributed by atoms with van der Waals surface area (Å²) < 4.78 is 0. The second kappa shape index (κ2) is 10.5. The van der Waals surface area contributed by atoms with Crippen molar-refractivity contribution >= 4 is 39.9 Å². The summed E-state index contributed by atoms with van der Waals surface area (Å²) in [7, 11) is 0. The van der Waals surface area contributed by atoms with Gasteiger partial charge in [0, 0.05) is 24.2 Å². The summed E-state index contributed by atoms with van der Waals surface area (Å²) in [5.74, 6) is 0.672. The van der Waals surface area contributed by atoms with E-state index in [1.165, 1.54) is 16.6 Å². The van der Waals surface area contributed by atoms with Crippen molar-refractivity contribution in [2.75, 3.05) is 24.2 Å². The second-order valence-electron chi connectivity index (χ2n) is 9.82. The van der Waals surface area contributed by atoms with E-state index in [1.54, 1.807) is 29.7 Å². The molecule has 1 saturated heterocycles. The maximum Gasteiger partial charge on any atom is 0.255 e. The van der Waals surface area contributed by atoms with Gasteiger partial charge in [0.1, 0.15) is 11.1 Å². The molecule has 1 atom stereocenters. The Balaban J connectivity index is 1.35. The highest BCUT2D eigenvalue weighted by Crippen LogP contribution is 2.45. The van der Waals surface area contributed by atoms with Crippen LogP contribution >= 0.6 is 23.1 Å². The van der Waals surface area contributed by atoms with E-state index >= 15 is 0 Å². The standard InChI is InChI=1S/C26H32N4O2S2/c1-4-26(2,3)18-8-9-19-20(14-27)24(34-21(19)13-18)29-22(31)16-33-23-10-7-17(15-28-23)25(32)30-11-5-6-12-30/h7,10,15,18H,4-6,8-9,11-13,16H2,1-3H3,(H,29,31). The van der Waals surface area contributed by atoms with Crippen LogP contribution in [0.25, 0.3) is 0 Å². The Labute approximate surface area is 210 Å². The van der Waals surface area contributed by atoms with Crippen LogP contribution in [0.4, 0.5) is 5.00 Å². The highest BCUT2D eigenvalue weighted by atomic mass is 32.2. The molecule has 0 saturated carbocycles. The van der Waals surface area contributed by atoms with Gasteiger partial charge in [-0.25, -0.2) is 4.98 Å². The summed E-state index contributed by atoms with van der Waals surface area (Å²) in [5.41, 5.74) is 2.62. The van der Waals surface area contributed by atoms with Crippen LogP contribution in [-0.2, 0) is 17.6 Å². The monoisotopic (exact) mass is 496 g/mol. The van der Waals surface area contributed by atoms with Crippen molar-refractivity contribution in [1.29, 1.82) is 5.26 Å². The van der Waals surface area contributed by atoms with E-state index in [2.05, 4.69) is 37.1 Å². The molecule has 4 rings (SSSR count). The van der Waals surface area contributed by atoms with E-state index in [0.29, 0.717) is 27.1 Å². The number of hydrogen-bond donors (Lipinski definition) is 1. The van der Waals surface area contributed by atoms with Crippen molar-refractivity contribution in [2.45, 2.75) is 64.3 Å². The van der Waals surface area contributed by atoms with Crippen molar-refractivity contribution in [3.63, 3.8) is 0 Å². The first-order chi connectivity index (χ1) is 16.3. The minimum atomic E-state index is -0.149. The summed E-state index contributed by atoms with van der Waals surface area (Å²) in [6.45, 7) is 8.50. The number of aromatic nitrogens is 1. The molecular weight excluding hydrogens is 464 g/mol. The van der Waals surface area contributed by atoms with E-state index in [9.17, 15) is 14.9 Å². The van der Waals surface area contributed by atoms with Crippen molar-refractivity contribution < 1.29 is 9.59 Å². The molecule has 180 valence electrons. The molecule has 1 N–H and O–H groups in total. The van der Waals surface area contributed by atoms with Crippen LogP contribution in [-0.4, -0.2) is 40.5 Å². The van der Waals surface area contributed by atoms with E-state index in [0.717, 1.165) is 57.2 Å². The lowest BCUT2D eigenvalue weighted by Crippen LogP contribution is -2.28. The zero-order valence-corrected chi connectivity index (χ0v) is 21.8. The average Bonchev–Trinajstić information content (AvgIpc) is 3.50. The Morgan fingerprint density at radius 3 is 2.74 bits per heavy atom. The SMILES string of the molecule is CCC(C)(C)C1CCc2c(sc(NC(=O)CSc3ccc(C(=O)N4CCCC4)cn3)c2C#N)C1. The zero-order chi connectivity index (χ0) is 24.3. The van der Waals surface area contributed by atoms with Crippen LogP contribution in [0, 0.1) is 22.7 Å². The molecule has 1 aliphatic carbocycles. The fourth-order valence-electron chi connectivity index (χ4n) is 4.75. The number of carbonyl (C=O) groups excluding carboxylic acids is 2. The van der Waals surface area contributed by atoms with Gasteiger partial charge in [0.05, 0.1) is 21.9 Å². The van der Waals surface area contributed by atoms with Crippen LogP contribution in [0.2, 0.25) is 0 Å². The Hall–Kier alpha value is -2.37. The summed E-state index contributed by atoms with van der Waals surface area (Å²) in [5, 5.41) is 14.1. The molecule has 34 heavy (non-hydrogen) atoms. The zero-order valence-electron chi connectivity index (χ0n) is 20.1. The molecule has 2 aromatic heterocycles. The van der Waals surface area contributed by atoms with E-state index < -0.39 is 0 Å². The number of fused-ring (bicyclic) bond motifs is 1. The number of nitrogens with zero attached hydrogens (tertiary/aromatic N) is 3. The maximum atomic E-state index is 12.7. The Bertz CT molecular complexity index is 1100. The number of thioether (sulfide) groups is 1. The van der Waals surface area contributed by atoms with Crippen molar-refractivity contribution in [3.8, 4) is 6.07 Å². The number of carbonyl (C=O) groups is 2. The van der Waals surface area contributed by atoms with Gasteiger partial charge >= 0.3 is 0 Å². The number of amides is 2. The first-order valence-corrected chi connectivity index (χ1v) is 13.8. The number of pyridine rings is 1. The molecule has 0 radical (unpaired) electrons. The van der Waals surface area contributed by atoms with Gasteiger partial charge in [0.15, 0.2) is 0 Å². The molecule has 1 unspecified atom stereocenters. The minimum absolute atomic E-state index is 0.0227. The normalized spacial score (nSPS) is 17.8. The first-order valence-electron chi connectivity index (χ1n) is 12.0. The van der Waals surface area contributed by atoms with Gasteiger partial charge in [0.2, 0.25) is 5.91 Å². The predicted octanol–water partition coefficient (Wildman–Crippen LogP) is 5.52. The van der Waals surface area contributed by atoms with E-state index in [1.807, 2.05) is 4.90 Å². The molecule has 1 fully saturated rings. The molecular formula is C26H32N4O2S2. The van der Waals surface area contributed by atoms with Crippen molar-refractivity contribution in [3.05, 3.63) is 39.9 Å². The maximum absolute atomic E-state index is 12.7. The molecule has 2 aliphatic rings. The Morgan fingerprint density at radius 2 is 2.09 bits per heavy atom. The third-order valence-corrected chi connectivity index (χ3v) is 9.49. The third kappa shape index (κ3) is 5.31. The van der Waals surface area contributed by atoms with E-state index in [-0.39, 0.29) is 23.0 Å². The summed E-state index contributed by atoms with van der Waals surface area (Å²) in [6.07, 6.45) is 7.80. The van der Waals surface area contributed by atoms with Crippen molar-refractivity contribution in [1.82, 2.24) is 9.88 Å². The van der Waals surface area contributed by atoms with Gasteiger partial charge in [0.25, 0.3) is 5.91 Å². The lowest BCUT2D eigenvalue weighted by Gasteiger charge is -2.36. The molecule has 0 bridgehead atoms. The van der Waals surface area contributed by atoms with Gasteiger partial charge in [-0.1, -0.05) is 39.0 Å². The van der Waals surface area contributed by atoms with Crippen LogP contribution in [0.5, 0.6) is 0 Å². The average molecular weight is 497 g/mol. The lowest BCUT2D eigenvalue weighted by atomic mass is 9.69. The largest absolute Gasteiger partial charge is 0.339 e. The predicted molar refractivity (Wildman–Crippen MR) is 137 cm³/mol. The lowest BCUT2D eigenvalue weighted by molar-refractivity contribution is -0.113. The molecule has 0 spiro atoms. The van der Waals surface area contributed by atoms with Gasteiger partial charge < -0.3 is 10.2 Å². The smallest absolute Gasteiger partial charge is 0.255 e. The van der Waals surface area contributed by atoms with Crippen molar-refractivity contribution in [2.24, 2.45) is 11.3 Å². The number of likely N-dealkylation sites (tertiary alicyclic amines) is 1. The van der Waals surface area contributed by atoms with Crippen LogP contribution in [0.1, 0.15) is 72.8 Å². The Kier molecular flexibility index (Phi) is 7.63. The highest BCUT2D eigenvalue weighted by Gasteiger charge is 2.34. The fraction of sp³-hybridized carbons (Fsp3) is 0.538. The highest BCUT2D eigenvalue weighted by molar-refractivity contribution is 7.99. The molecule has 2 amide bonds. The first kappa shape index (κ1) is 24.7. The number of thiophene rings is 1.